The van der Waals surface area contributed by atoms with Gasteiger partial charge in [-0.1, -0.05) is 6.07 Å². The summed E-state index contributed by atoms with van der Waals surface area (Å²) in [6, 6.07) is 9.62. The zero-order chi connectivity index (χ0) is 15.5. The van der Waals surface area contributed by atoms with Crippen molar-refractivity contribution in [2.24, 2.45) is 0 Å². The highest BCUT2D eigenvalue weighted by Gasteiger charge is 2.07. The molecule has 0 atom stereocenters. The molecule has 2 aromatic heterocycles. The molecule has 3 rings (SSSR count). The van der Waals surface area contributed by atoms with Crippen LogP contribution < -0.4 is 9.64 Å². The molecule has 0 aliphatic heterocycles. The van der Waals surface area contributed by atoms with Gasteiger partial charge in [0.2, 0.25) is 5.95 Å². The summed E-state index contributed by atoms with van der Waals surface area (Å²) in [4.78, 5) is 10.6. The molecule has 2 heterocycles. The van der Waals surface area contributed by atoms with Gasteiger partial charge in [-0.2, -0.15) is 5.10 Å². The van der Waals surface area contributed by atoms with Gasteiger partial charge in [0.1, 0.15) is 5.75 Å². The SMILES string of the molecule is COc1cccc(-n2cc(-c3ccnc(N(C)C)n3)cn2)c1. The molecule has 0 aliphatic carbocycles. The van der Waals surface area contributed by atoms with E-state index < -0.39 is 0 Å². The van der Waals surface area contributed by atoms with Crippen LogP contribution in [0.3, 0.4) is 0 Å². The number of anilines is 1. The molecule has 0 bridgehead atoms. The molecule has 1 aromatic carbocycles. The van der Waals surface area contributed by atoms with Crippen molar-refractivity contribution in [3.8, 4) is 22.7 Å². The van der Waals surface area contributed by atoms with Crippen LogP contribution >= 0.6 is 0 Å². The predicted molar refractivity (Wildman–Crippen MR) is 85.5 cm³/mol. The Bertz CT molecular complexity index is 781. The first-order chi connectivity index (χ1) is 10.7. The Kier molecular flexibility index (Phi) is 3.74. The summed E-state index contributed by atoms with van der Waals surface area (Å²) in [5.74, 6) is 1.47. The normalized spacial score (nSPS) is 10.5. The maximum absolute atomic E-state index is 5.24. The number of aromatic nitrogens is 4. The van der Waals surface area contributed by atoms with Crippen molar-refractivity contribution in [2.45, 2.75) is 0 Å². The van der Waals surface area contributed by atoms with Crippen molar-refractivity contribution >= 4 is 5.95 Å². The van der Waals surface area contributed by atoms with Gasteiger partial charge in [-0.3, -0.25) is 0 Å². The molecule has 112 valence electrons. The van der Waals surface area contributed by atoms with E-state index in [1.165, 1.54) is 0 Å². The minimum Gasteiger partial charge on any atom is -0.497 e. The third-order valence-corrected chi connectivity index (χ3v) is 3.24. The van der Waals surface area contributed by atoms with E-state index in [1.807, 2.05) is 55.5 Å². The zero-order valence-corrected chi connectivity index (χ0v) is 12.8. The summed E-state index contributed by atoms with van der Waals surface area (Å²) in [6.45, 7) is 0. The van der Waals surface area contributed by atoms with Gasteiger partial charge in [0.05, 0.1) is 24.7 Å². The van der Waals surface area contributed by atoms with E-state index in [2.05, 4.69) is 15.1 Å². The van der Waals surface area contributed by atoms with E-state index in [4.69, 9.17) is 4.74 Å². The summed E-state index contributed by atoms with van der Waals surface area (Å²) in [5, 5.41) is 4.40. The molecule has 0 saturated heterocycles. The molecule has 6 heteroatoms. The Balaban J connectivity index is 1.95. The van der Waals surface area contributed by atoms with Gasteiger partial charge >= 0.3 is 0 Å². The average Bonchev–Trinajstić information content (AvgIpc) is 3.05. The Morgan fingerprint density at radius 3 is 2.82 bits per heavy atom. The van der Waals surface area contributed by atoms with E-state index in [1.54, 1.807) is 24.2 Å². The molecule has 0 fully saturated rings. The molecule has 6 nitrogen and oxygen atoms in total. The maximum Gasteiger partial charge on any atom is 0.225 e. The van der Waals surface area contributed by atoms with Crippen LogP contribution in [0.15, 0.2) is 48.9 Å². The molecule has 22 heavy (non-hydrogen) atoms. The maximum atomic E-state index is 5.24. The van der Waals surface area contributed by atoms with Gasteiger partial charge in [0.25, 0.3) is 0 Å². The second-order valence-electron chi connectivity index (χ2n) is 5.01. The minimum atomic E-state index is 0.673. The Morgan fingerprint density at radius 2 is 2.05 bits per heavy atom. The lowest BCUT2D eigenvalue weighted by Gasteiger charge is -2.09. The van der Waals surface area contributed by atoms with Crippen molar-refractivity contribution in [2.75, 3.05) is 26.1 Å². The van der Waals surface area contributed by atoms with Gasteiger partial charge in [-0.15, -0.1) is 0 Å². The van der Waals surface area contributed by atoms with Crippen LogP contribution in [-0.4, -0.2) is 41.0 Å². The average molecular weight is 295 g/mol. The highest BCUT2D eigenvalue weighted by atomic mass is 16.5. The molecular formula is C16H17N5O. The molecule has 0 N–H and O–H groups in total. The van der Waals surface area contributed by atoms with Crippen LogP contribution in [0.1, 0.15) is 0 Å². The predicted octanol–water partition coefficient (Wildman–Crippen LogP) is 2.40. The smallest absolute Gasteiger partial charge is 0.225 e. The standard InChI is InChI=1S/C16H17N5O/c1-20(2)16-17-8-7-15(19-16)12-10-18-21(11-12)13-5-4-6-14(9-13)22-3/h4-11H,1-3H3. The van der Waals surface area contributed by atoms with Crippen LogP contribution in [0.2, 0.25) is 0 Å². The minimum absolute atomic E-state index is 0.673. The van der Waals surface area contributed by atoms with E-state index in [-0.39, 0.29) is 0 Å². The molecule has 0 aliphatic rings. The number of hydrogen-bond donors (Lipinski definition) is 0. The number of rotatable bonds is 4. The number of hydrogen-bond acceptors (Lipinski definition) is 5. The second kappa shape index (κ2) is 5.85. The number of benzene rings is 1. The van der Waals surface area contributed by atoms with Crippen molar-refractivity contribution < 1.29 is 4.74 Å². The first-order valence-electron chi connectivity index (χ1n) is 6.87. The summed E-state index contributed by atoms with van der Waals surface area (Å²) in [6.07, 6.45) is 5.48. The number of ether oxygens (including phenoxy) is 1. The lowest BCUT2D eigenvalue weighted by molar-refractivity contribution is 0.414. The zero-order valence-electron chi connectivity index (χ0n) is 12.8. The van der Waals surface area contributed by atoms with Crippen molar-refractivity contribution in [1.82, 2.24) is 19.7 Å². The van der Waals surface area contributed by atoms with Gasteiger partial charge in [-0.05, 0) is 18.2 Å². The van der Waals surface area contributed by atoms with Gasteiger partial charge in [0, 0.05) is 38.1 Å². The van der Waals surface area contributed by atoms with E-state index >= 15 is 0 Å². The fourth-order valence-electron chi connectivity index (χ4n) is 2.07. The monoisotopic (exact) mass is 295 g/mol. The van der Waals surface area contributed by atoms with Crippen molar-refractivity contribution in [1.29, 1.82) is 0 Å². The van der Waals surface area contributed by atoms with Crippen molar-refractivity contribution in [3.05, 3.63) is 48.9 Å². The summed E-state index contributed by atoms with van der Waals surface area (Å²) in [7, 11) is 5.48. The summed E-state index contributed by atoms with van der Waals surface area (Å²) >= 11 is 0. The lowest BCUT2D eigenvalue weighted by atomic mass is 10.2. The van der Waals surface area contributed by atoms with Gasteiger partial charge < -0.3 is 9.64 Å². The largest absolute Gasteiger partial charge is 0.497 e. The number of methoxy groups -OCH3 is 1. The van der Waals surface area contributed by atoms with Gasteiger partial charge in [-0.25, -0.2) is 14.6 Å². The molecule has 3 aromatic rings. The Labute approximate surface area is 129 Å². The third kappa shape index (κ3) is 2.76. The number of nitrogens with zero attached hydrogens (tertiary/aromatic N) is 5. The molecular weight excluding hydrogens is 278 g/mol. The third-order valence-electron chi connectivity index (χ3n) is 3.24. The fraction of sp³-hybridized carbons (Fsp3) is 0.188. The van der Waals surface area contributed by atoms with Crippen LogP contribution in [0, 0.1) is 0 Å². The van der Waals surface area contributed by atoms with Gasteiger partial charge in [0.15, 0.2) is 0 Å². The molecule has 0 amide bonds. The fourth-order valence-corrected chi connectivity index (χ4v) is 2.07. The first-order valence-corrected chi connectivity index (χ1v) is 6.87. The summed E-state index contributed by atoms with van der Waals surface area (Å²) in [5.41, 5.74) is 2.72. The topological polar surface area (TPSA) is 56.1 Å². The second-order valence-corrected chi connectivity index (χ2v) is 5.01. The first kappa shape index (κ1) is 14.1. The van der Waals surface area contributed by atoms with E-state index in [9.17, 15) is 0 Å². The van der Waals surface area contributed by atoms with Crippen LogP contribution in [-0.2, 0) is 0 Å². The quantitative estimate of drug-likeness (QED) is 0.740. The van der Waals surface area contributed by atoms with E-state index in [0.29, 0.717) is 5.95 Å². The van der Waals surface area contributed by atoms with Crippen LogP contribution in [0.25, 0.3) is 16.9 Å². The Morgan fingerprint density at radius 1 is 1.18 bits per heavy atom. The Hall–Kier alpha value is -2.89. The molecule has 0 radical (unpaired) electrons. The summed E-state index contributed by atoms with van der Waals surface area (Å²) < 4.78 is 7.04. The van der Waals surface area contributed by atoms with Crippen LogP contribution in [0.5, 0.6) is 5.75 Å². The van der Waals surface area contributed by atoms with E-state index in [0.717, 1.165) is 22.7 Å². The lowest BCUT2D eigenvalue weighted by Crippen LogP contribution is -2.12. The molecule has 0 saturated carbocycles. The van der Waals surface area contributed by atoms with Crippen molar-refractivity contribution in [3.63, 3.8) is 0 Å². The van der Waals surface area contributed by atoms with Crippen LogP contribution in [0.4, 0.5) is 5.95 Å². The molecule has 0 spiro atoms. The highest BCUT2D eigenvalue weighted by Crippen LogP contribution is 2.21. The molecule has 0 unspecified atom stereocenters. The highest BCUT2D eigenvalue weighted by molar-refractivity contribution is 5.59.